The van der Waals surface area contributed by atoms with Crippen molar-refractivity contribution in [3.05, 3.63) is 34.9 Å². The smallest absolute Gasteiger partial charge is 0.147 e. The summed E-state index contributed by atoms with van der Waals surface area (Å²) in [6.45, 7) is 0. The monoisotopic (exact) mass is 274 g/mol. The first-order valence-corrected chi connectivity index (χ1v) is 8.60. The van der Waals surface area contributed by atoms with Gasteiger partial charge < -0.3 is 0 Å². The van der Waals surface area contributed by atoms with Gasteiger partial charge in [0.1, 0.15) is 5.78 Å². The zero-order chi connectivity index (χ0) is 13.1. The molecule has 1 nitrogen and oxygen atoms in total. The van der Waals surface area contributed by atoms with E-state index in [9.17, 15) is 4.79 Å². The van der Waals surface area contributed by atoms with Gasteiger partial charge in [0.05, 0.1) is 5.75 Å². The lowest BCUT2D eigenvalue weighted by atomic mass is 10.0. The largest absolute Gasteiger partial charge is 0.298 e. The molecule has 0 amide bonds. The number of ketones is 1. The number of benzene rings is 1. The fourth-order valence-corrected chi connectivity index (χ4v) is 4.47. The number of aryl methyl sites for hydroxylation is 2. The molecule has 1 saturated carbocycles. The fraction of sp³-hybridized carbons (Fsp3) is 0.588. The summed E-state index contributed by atoms with van der Waals surface area (Å²) in [5.74, 6) is 1.11. The van der Waals surface area contributed by atoms with Crippen molar-refractivity contribution in [2.75, 3.05) is 5.75 Å². The van der Waals surface area contributed by atoms with Crippen LogP contribution in [0.3, 0.4) is 0 Å². The molecule has 0 unspecified atom stereocenters. The summed E-state index contributed by atoms with van der Waals surface area (Å²) in [6, 6.07) is 6.65. The standard InChI is InChI=1S/C17H22OS/c18-16(12-19-17-6-1-2-7-17)11-13-8-9-14-4-3-5-15(14)10-13/h8-10,17H,1-7,11-12H2. The number of rotatable bonds is 5. The summed E-state index contributed by atoms with van der Waals surface area (Å²) in [4.78, 5) is 12.0. The van der Waals surface area contributed by atoms with Gasteiger partial charge in [-0.15, -0.1) is 0 Å². The molecule has 0 saturated heterocycles. The third-order valence-electron chi connectivity index (χ3n) is 4.35. The number of thioether (sulfide) groups is 1. The Kier molecular flexibility index (Phi) is 4.27. The maximum atomic E-state index is 12.0. The van der Waals surface area contributed by atoms with Gasteiger partial charge in [-0.1, -0.05) is 31.0 Å². The molecule has 0 aliphatic heterocycles. The molecule has 2 aliphatic carbocycles. The summed E-state index contributed by atoms with van der Waals surface area (Å²) in [5, 5.41) is 0.754. The first-order chi connectivity index (χ1) is 9.31. The molecule has 19 heavy (non-hydrogen) atoms. The van der Waals surface area contributed by atoms with E-state index in [4.69, 9.17) is 0 Å². The third kappa shape index (κ3) is 3.42. The van der Waals surface area contributed by atoms with Crippen LogP contribution in [0.2, 0.25) is 0 Å². The van der Waals surface area contributed by atoms with Gasteiger partial charge in [-0.3, -0.25) is 4.79 Å². The summed E-state index contributed by atoms with van der Waals surface area (Å²) in [7, 11) is 0. The van der Waals surface area contributed by atoms with Gasteiger partial charge in [0.15, 0.2) is 0 Å². The lowest BCUT2D eigenvalue weighted by molar-refractivity contribution is -0.116. The van der Waals surface area contributed by atoms with E-state index in [1.54, 1.807) is 0 Å². The molecule has 1 aromatic rings. The van der Waals surface area contributed by atoms with Gasteiger partial charge >= 0.3 is 0 Å². The Morgan fingerprint density at radius 3 is 2.74 bits per heavy atom. The molecule has 0 N–H and O–H groups in total. The number of carbonyl (C=O) groups excluding carboxylic acids is 1. The molecule has 0 spiro atoms. The van der Waals surface area contributed by atoms with Gasteiger partial charge in [0.2, 0.25) is 0 Å². The third-order valence-corrected chi connectivity index (χ3v) is 5.78. The number of Topliss-reactive ketones (excluding diaryl/α,β-unsaturated/α-hetero) is 1. The second-order valence-corrected chi connectivity index (χ2v) is 7.18. The van der Waals surface area contributed by atoms with Crippen molar-refractivity contribution in [3.63, 3.8) is 0 Å². The first kappa shape index (κ1) is 13.2. The highest BCUT2D eigenvalue weighted by Gasteiger charge is 2.17. The Bertz CT molecular complexity index is 460. The Morgan fingerprint density at radius 2 is 1.89 bits per heavy atom. The van der Waals surface area contributed by atoms with E-state index in [2.05, 4.69) is 18.2 Å². The predicted molar refractivity (Wildman–Crippen MR) is 81.9 cm³/mol. The summed E-state index contributed by atoms with van der Waals surface area (Å²) >= 11 is 1.89. The lowest BCUT2D eigenvalue weighted by Gasteiger charge is -2.08. The SMILES string of the molecule is O=C(CSC1CCCC1)Cc1ccc2c(c1)CCC2. The Balaban J connectivity index is 1.51. The van der Waals surface area contributed by atoms with Crippen molar-refractivity contribution in [1.29, 1.82) is 0 Å². The van der Waals surface area contributed by atoms with Crippen molar-refractivity contribution < 1.29 is 4.79 Å². The van der Waals surface area contributed by atoms with Crippen molar-refractivity contribution >= 4 is 17.5 Å². The van der Waals surface area contributed by atoms with Gasteiger partial charge in [-0.05, 0) is 48.8 Å². The van der Waals surface area contributed by atoms with E-state index in [1.165, 1.54) is 61.6 Å². The van der Waals surface area contributed by atoms with Crippen molar-refractivity contribution in [1.82, 2.24) is 0 Å². The fourth-order valence-electron chi connectivity index (χ4n) is 3.28. The summed E-state index contributed by atoms with van der Waals surface area (Å²) in [5.41, 5.74) is 4.20. The average Bonchev–Trinajstić information content (AvgIpc) is 3.07. The van der Waals surface area contributed by atoms with Gasteiger partial charge in [0, 0.05) is 11.7 Å². The molecule has 0 bridgehead atoms. The normalized spacial score (nSPS) is 18.7. The highest BCUT2D eigenvalue weighted by molar-refractivity contribution is 8.00. The highest BCUT2D eigenvalue weighted by Crippen LogP contribution is 2.29. The topological polar surface area (TPSA) is 17.1 Å². The van der Waals surface area contributed by atoms with Crippen LogP contribution in [0.4, 0.5) is 0 Å². The number of hydrogen-bond acceptors (Lipinski definition) is 2. The van der Waals surface area contributed by atoms with Gasteiger partial charge in [-0.2, -0.15) is 11.8 Å². The van der Waals surface area contributed by atoms with Crippen LogP contribution < -0.4 is 0 Å². The van der Waals surface area contributed by atoms with Crippen LogP contribution in [0.5, 0.6) is 0 Å². The van der Waals surface area contributed by atoms with E-state index in [1.807, 2.05) is 11.8 Å². The molecule has 0 radical (unpaired) electrons. The maximum absolute atomic E-state index is 12.0. The molecule has 102 valence electrons. The molecule has 2 heteroatoms. The molecule has 0 heterocycles. The molecular formula is C17H22OS. The van der Waals surface area contributed by atoms with Crippen LogP contribution >= 0.6 is 11.8 Å². The number of carbonyl (C=O) groups is 1. The van der Waals surface area contributed by atoms with E-state index >= 15 is 0 Å². The number of hydrogen-bond donors (Lipinski definition) is 0. The highest BCUT2D eigenvalue weighted by atomic mass is 32.2. The van der Waals surface area contributed by atoms with Crippen LogP contribution in [0.25, 0.3) is 0 Å². The van der Waals surface area contributed by atoms with Crippen LogP contribution in [0.1, 0.15) is 48.8 Å². The number of fused-ring (bicyclic) bond motifs is 1. The Labute approximate surface area is 120 Å². The van der Waals surface area contributed by atoms with Crippen molar-refractivity contribution in [2.24, 2.45) is 0 Å². The van der Waals surface area contributed by atoms with E-state index < -0.39 is 0 Å². The molecule has 3 rings (SSSR count). The van der Waals surface area contributed by atoms with Crippen LogP contribution in [-0.2, 0) is 24.1 Å². The van der Waals surface area contributed by atoms with E-state index in [0.29, 0.717) is 18.0 Å². The molecule has 0 atom stereocenters. The van der Waals surface area contributed by atoms with Crippen molar-refractivity contribution in [3.8, 4) is 0 Å². The summed E-state index contributed by atoms with van der Waals surface area (Å²) in [6.07, 6.45) is 9.69. The quantitative estimate of drug-likeness (QED) is 0.808. The first-order valence-electron chi connectivity index (χ1n) is 7.55. The molecular weight excluding hydrogens is 252 g/mol. The second kappa shape index (κ2) is 6.13. The van der Waals surface area contributed by atoms with E-state index in [-0.39, 0.29) is 0 Å². The van der Waals surface area contributed by atoms with Crippen LogP contribution in [-0.4, -0.2) is 16.8 Å². The zero-order valence-corrected chi connectivity index (χ0v) is 12.3. The Morgan fingerprint density at radius 1 is 1.11 bits per heavy atom. The lowest BCUT2D eigenvalue weighted by Crippen LogP contribution is -2.09. The molecule has 1 fully saturated rings. The van der Waals surface area contributed by atoms with Crippen molar-refractivity contribution in [2.45, 2.75) is 56.6 Å². The molecule has 0 aromatic heterocycles. The predicted octanol–water partition coefficient (Wildman–Crippen LogP) is 3.96. The molecule has 1 aromatic carbocycles. The maximum Gasteiger partial charge on any atom is 0.147 e. The van der Waals surface area contributed by atoms with E-state index in [0.717, 1.165) is 5.25 Å². The van der Waals surface area contributed by atoms with Crippen LogP contribution in [0, 0.1) is 0 Å². The minimum absolute atomic E-state index is 0.398. The average molecular weight is 274 g/mol. The van der Waals surface area contributed by atoms with Gasteiger partial charge in [0.25, 0.3) is 0 Å². The zero-order valence-electron chi connectivity index (χ0n) is 11.5. The molecule has 2 aliphatic rings. The minimum atomic E-state index is 0.398. The summed E-state index contributed by atoms with van der Waals surface area (Å²) < 4.78 is 0. The Hall–Kier alpha value is -0.760. The van der Waals surface area contributed by atoms with Crippen LogP contribution in [0.15, 0.2) is 18.2 Å². The van der Waals surface area contributed by atoms with Gasteiger partial charge in [-0.25, -0.2) is 0 Å². The second-order valence-electron chi connectivity index (χ2n) is 5.89. The minimum Gasteiger partial charge on any atom is -0.298 e.